The monoisotopic (exact) mass is 968 g/mol. The van der Waals surface area contributed by atoms with E-state index in [1.165, 1.54) is 133 Å². The first-order chi connectivity index (χ1) is 37.7. The normalized spacial score (nSPS) is 13.0. The SMILES string of the molecule is c1cc(-c2ccc3ccccc3c2)cc(-c2c3ccc(N4c5ccccc5CCc5ccccc54)cc3c(-c3cccc(-c4ccc5ccccc5c4)c3)c3ccc(N4c5ccccc5CCc5ccccc54)cc23)c1. The molecule has 0 aliphatic carbocycles. The third-order valence-corrected chi connectivity index (χ3v) is 16.3. The molecule has 358 valence electrons. The molecule has 2 heteroatoms. The van der Waals surface area contributed by atoms with Crippen LogP contribution in [0.5, 0.6) is 0 Å². The first kappa shape index (κ1) is 44.0. The molecule has 0 amide bonds. The summed E-state index contributed by atoms with van der Waals surface area (Å²) in [5.74, 6) is 0. The molecular weight excluding hydrogens is 917 g/mol. The Kier molecular flexibility index (Phi) is 10.5. The molecule has 0 atom stereocenters. The standard InChI is InChI=1S/C74H52N2/c1-3-21-55-43-59(37-31-49(55)15-1)57-23-13-25-61(45-57)73-65-41-39-64(76-71-29-11-7-19-53(71)35-36-54-20-8-12-30-72(54)76)48-68(65)74(62-26-14-24-58(46-62)60-38-32-50-16-2-4-22-56(50)44-60)66-42-40-63(47-67(66)73)75-69-27-9-5-17-51(69)33-34-52-18-6-10-28-70(52)75/h1-32,37-48H,33-36H2. The molecule has 0 aromatic heterocycles. The van der Waals surface area contributed by atoms with Crippen molar-refractivity contribution >= 4 is 77.2 Å². The highest BCUT2D eigenvalue weighted by atomic mass is 15.2. The second-order valence-corrected chi connectivity index (χ2v) is 20.7. The van der Waals surface area contributed by atoms with E-state index < -0.39 is 0 Å². The van der Waals surface area contributed by atoms with Crippen LogP contribution >= 0.6 is 0 Å². The van der Waals surface area contributed by atoms with Gasteiger partial charge in [0.05, 0.1) is 0 Å². The largest absolute Gasteiger partial charge is 0.310 e. The number of fused-ring (bicyclic) bond motifs is 8. The maximum atomic E-state index is 2.52. The van der Waals surface area contributed by atoms with Gasteiger partial charge in [-0.15, -0.1) is 0 Å². The second-order valence-electron chi connectivity index (χ2n) is 20.7. The van der Waals surface area contributed by atoms with Crippen LogP contribution in [0.1, 0.15) is 22.3 Å². The minimum atomic E-state index is 0.987. The van der Waals surface area contributed by atoms with Gasteiger partial charge in [0.25, 0.3) is 0 Å². The van der Waals surface area contributed by atoms with Crippen molar-refractivity contribution in [3.8, 4) is 44.5 Å². The summed E-state index contributed by atoms with van der Waals surface area (Å²) in [6.45, 7) is 0. The van der Waals surface area contributed by atoms with Gasteiger partial charge >= 0.3 is 0 Å². The van der Waals surface area contributed by atoms with E-state index in [4.69, 9.17) is 0 Å². The van der Waals surface area contributed by atoms with Gasteiger partial charge in [-0.25, -0.2) is 0 Å². The smallest absolute Gasteiger partial charge is 0.0493 e. The van der Waals surface area contributed by atoms with Crippen LogP contribution in [0.4, 0.5) is 34.1 Å². The van der Waals surface area contributed by atoms with Gasteiger partial charge in [-0.3, -0.25) is 0 Å². The molecule has 2 aliphatic rings. The molecule has 0 unspecified atom stereocenters. The zero-order valence-electron chi connectivity index (χ0n) is 42.1. The Labute approximate surface area is 444 Å². The second kappa shape index (κ2) is 18.2. The van der Waals surface area contributed by atoms with E-state index in [-0.39, 0.29) is 0 Å². The summed E-state index contributed by atoms with van der Waals surface area (Å²) in [6, 6.07) is 100. The number of nitrogens with zero attached hydrogens (tertiary/aromatic N) is 2. The number of benzene rings is 13. The van der Waals surface area contributed by atoms with Gasteiger partial charge in [-0.1, -0.05) is 194 Å². The zero-order valence-corrected chi connectivity index (χ0v) is 42.1. The molecule has 13 aromatic carbocycles. The predicted octanol–water partition coefficient (Wildman–Crippen LogP) is 20.1. The summed E-state index contributed by atoms with van der Waals surface area (Å²) < 4.78 is 0. The van der Waals surface area contributed by atoms with Crippen molar-refractivity contribution in [2.45, 2.75) is 25.7 Å². The minimum Gasteiger partial charge on any atom is -0.310 e. The summed E-state index contributed by atoms with van der Waals surface area (Å²) >= 11 is 0. The van der Waals surface area contributed by atoms with Crippen LogP contribution in [0.25, 0.3) is 87.6 Å². The van der Waals surface area contributed by atoms with E-state index in [0.717, 1.165) is 37.1 Å². The third kappa shape index (κ3) is 7.48. The first-order valence-electron chi connectivity index (χ1n) is 26.8. The highest BCUT2D eigenvalue weighted by molar-refractivity contribution is 6.23. The summed E-state index contributed by atoms with van der Waals surface area (Å²) in [5, 5.41) is 9.82. The van der Waals surface area contributed by atoms with Crippen molar-refractivity contribution < 1.29 is 0 Å². The average molecular weight is 969 g/mol. The minimum absolute atomic E-state index is 0.987. The Morgan fingerprint density at radius 1 is 0.211 bits per heavy atom. The van der Waals surface area contributed by atoms with Gasteiger partial charge in [0.1, 0.15) is 0 Å². The van der Waals surface area contributed by atoms with Crippen LogP contribution in [-0.2, 0) is 25.7 Å². The van der Waals surface area contributed by atoms with Gasteiger partial charge in [0, 0.05) is 34.1 Å². The maximum Gasteiger partial charge on any atom is 0.0493 e. The fourth-order valence-electron chi connectivity index (χ4n) is 12.7. The average Bonchev–Trinajstić information content (AvgIpc) is 3.80. The van der Waals surface area contributed by atoms with Gasteiger partial charge in [0.2, 0.25) is 0 Å². The van der Waals surface area contributed by atoms with Crippen molar-refractivity contribution in [2.24, 2.45) is 0 Å². The molecule has 0 spiro atoms. The summed E-state index contributed by atoms with van der Waals surface area (Å²) in [7, 11) is 0. The quantitative estimate of drug-likeness (QED) is 0.153. The summed E-state index contributed by atoms with van der Waals surface area (Å²) in [6.07, 6.45) is 3.95. The number of hydrogen-bond acceptors (Lipinski definition) is 2. The Morgan fingerprint density at radius 2 is 0.539 bits per heavy atom. The van der Waals surface area contributed by atoms with Crippen LogP contribution in [0.2, 0.25) is 0 Å². The molecule has 0 fully saturated rings. The molecule has 13 aromatic rings. The molecule has 2 aliphatic heterocycles. The molecule has 15 rings (SSSR count). The van der Waals surface area contributed by atoms with Crippen LogP contribution in [0.15, 0.2) is 267 Å². The molecule has 76 heavy (non-hydrogen) atoms. The first-order valence-corrected chi connectivity index (χ1v) is 26.8. The Morgan fingerprint density at radius 3 is 0.934 bits per heavy atom. The van der Waals surface area contributed by atoms with Crippen LogP contribution < -0.4 is 9.80 Å². The Bertz CT molecular complexity index is 4070. The highest BCUT2D eigenvalue weighted by Crippen LogP contribution is 2.51. The van der Waals surface area contributed by atoms with Crippen molar-refractivity contribution in [1.82, 2.24) is 0 Å². The number of hydrogen-bond donors (Lipinski definition) is 0. The van der Waals surface area contributed by atoms with E-state index in [1.807, 2.05) is 0 Å². The van der Waals surface area contributed by atoms with E-state index in [0.29, 0.717) is 0 Å². The molecule has 0 bridgehead atoms. The van der Waals surface area contributed by atoms with Crippen LogP contribution in [0, 0.1) is 0 Å². The topological polar surface area (TPSA) is 6.48 Å². The fraction of sp³-hybridized carbons (Fsp3) is 0.0541. The van der Waals surface area contributed by atoms with E-state index in [1.54, 1.807) is 0 Å². The summed E-state index contributed by atoms with van der Waals surface area (Å²) in [4.78, 5) is 5.04. The number of rotatable bonds is 6. The third-order valence-electron chi connectivity index (χ3n) is 16.3. The highest BCUT2D eigenvalue weighted by Gasteiger charge is 2.27. The van der Waals surface area contributed by atoms with E-state index in [2.05, 4.69) is 277 Å². The molecule has 0 N–H and O–H groups in total. The molecule has 2 nitrogen and oxygen atoms in total. The number of anilines is 6. The predicted molar refractivity (Wildman–Crippen MR) is 322 cm³/mol. The van der Waals surface area contributed by atoms with Crippen LogP contribution in [0.3, 0.4) is 0 Å². The molecule has 0 radical (unpaired) electrons. The molecule has 2 heterocycles. The van der Waals surface area contributed by atoms with Crippen LogP contribution in [-0.4, -0.2) is 0 Å². The lowest BCUT2D eigenvalue weighted by molar-refractivity contribution is 0.977. The van der Waals surface area contributed by atoms with Crippen molar-refractivity contribution in [3.63, 3.8) is 0 Å². The summed E-state index contributed by atoms with van der Waals surface area (Å²) in [5.41, 5.74) is 22.3. The number of para-hydroxylation sites is 4. The molecular formula is C74H52N2. The maximum absolute atomic E-state index is 2.52. The fourth-order valence-corrected chi connectivity index (χ4v) is 12.7. The van der Waals surface area contributed by atoms with Crippen molar-refractivity contribution in [1.29, 1.82) is 0 Å². The lowest BCUT2D eigenvalue weighted by atomic mass is 9.84. The Hall–Kier alpha value is -9.50. The lowest BCUT2D eigenvalue weighted by Gasteiger charge is -2.29. The Balaban J connectivity index is 1.04. The van der Waals surface area contributed by atoms with Crippen molar-refractivity contribution in [2.75, 3.05) is 9.80 Å². The zero-order chi connectivity index (χ0) is 50.1. The van der Waals surface area contributed by atoms with Gasteiger partial charge in [-0.05, 0) is 208 Å². The van der Waals surface area contributed by atoms with E-state index in [9.17, 15) is 0 Å². The van der Waals surface area contributed by atoms with Crippen molar-refractivity contribution in [3.05, 3.63) is 289 Å². The molecule has 0 saturated carbocycles. The lowest BCUT2D eigenvalue weighted by Crippen LogP contribution is -2.12. The molecule has 0 saturated heterocycles. The van der Waals surface area contributed by atoms with Gasteiger partial charge in [0.15, 0.2) is 0 Å². The number of aryl methyl sites for hydroxylation is 4. The van der Waals surface area contributed by atoms with E-state index >= 15 is 0 Å². The van der Waals surface area contributed by atoms with Gasteiger partial charge < -0.3 is 9.80 Å². The van der Waals surface area contributed by atoms with Gasteiger partial charge in [-0.2, -0.15) is 0 Å².